The SMILES string of the molecule is CCCCCCOC(CCCCCCCCCCCC=COCOCc1ccccc1)OCCCCCC. The van der Waals surface area contributed by atoms with Crippen molar-refractivity contribution >= 4 is 0 Å². The van der Waals surface area contributed by atoms with Crippen LogP contribution in [-0.4, -0.2) is 26.3 Å². The maximum absolute atomic E-state index is 6.10. The lowest BCUT2D eigenvalue weighted by Crippen LogP contribution is -2.19. The van der Waals surface area contributed by atoms with Crippen molar-refractivity contribution in [1.29, 1.82) is 0 Å². The molecule has 4 nitrogen and oxygen atoms in total. The van der Waals surface area contributed by atoms with Crippen molar-refractivity contribution in [2.24, 2.45) is 0 Å². The fourth-order valence-electron chi connectivity index (χ4n) is 4.47. The van der Waals surface area contributed by atoms with Crippen LogP contribution in [0.15, 0.2) is 42.7 Å². The molecule has 0 atom stereocenters. The maximum Gasteiger partial charge on any atom is 0.188 e. The monoisotopic (exact) mass is 532 g/mol. The molecule has 0 heterocycles. The van der Waals surface area contributed by atoms with Gasteiger partial charge in [-0.25, -0.2) is 0 Å². The molecule has 0 fully saturated rings. The number of unbranched alkanes of at least 4 members (excludes halogenated alkanes) is 15. The van der Waals surface area contributed by atoms with E-state index in [0.29, 0.717) is 13.4 Å². The highest BCUT2D eigenvalue weighted by atomic mass is 16.7. The summed E-state index contributed by atoms with van der Waals surface area (Å²) in [5.74, 6) is 0. The van der Waals surface area contributed by atoms with Gasteiger partial charge in [0.1, 0.15) is 0 Å². The Labute approximate surface area is 235 Å². The number of allylic oxidation sites excluding steroid dienone is 1. The van der Waals surface area contributed by atoms with Crippen LogP contribution >= 0.6 is 0 Å². The standard InChI is InChI=1S/C34H60O4/c1-3-5-7-23-29-37-34(38-30-24-8-6-4-2)27-21-16-14-12-10-9-11-13-15-17-22-28-35-32-36-31-33-25-19-18-20-26-33/h18-20,22,25-26,28,34H,3-17,21,23-24,27,29-32H2,1-2H3. The largest absolute Gasteiger partial charge is 0.475 e. The molecule has 0 amide bonds. The summed E-state index contributed by atoms with van der Waals surface area (Å²) in [4.78, 5) is 0. The van der Waals surface area contributed by atoms with Crippen molar-refractivity contribution in [3.05, 3.63) is 48.2 Å². The summed E-state index contributed by atoms with van der Waals surface area (Å²) < 4.78 is 23.1. The zero-order valence-electron chi connectivity index (χ0n) is 25.0. The van der Waals surface area contributed by atoms with Gasteiger partial charge in [-0.3, -0.25) is 0 Å². The molecule has 0 unspecified atom stereocenters. The van der Waals surface area contributed by atoms with Crippen LogP contribution in [-0.2, 0) is 25.6 Å². The second kappa shape index (κ2) is 28.6. The predicted molar refractivity (Wildman–Crippen MR) is 161 cm³/mol. The van der Waals surface area contributed by atoms with E-state index in [-0.39, 0.29) is 6.29 Å². The van der Waals surface area contributed by atoms with Crippen LogP contribution in [0.5, 0.6) is 0 Å². The van der Waals surface area contributed by atoms with E-state index >= 15 is 0 Å². The highest BCUT2D eigenvalue weighted by molar-refractivity contribution is 5.13. The Hall–Kier alpha value is -1.36. The summed E-state index contributed by atoms with van der Waals surface area (Å²) in [7, 11) is 0. The maximum atomic E-state index is 6.10. The van der Waals surface area contributed by atoms with Crippen molar-refractivity contribution in [2.75, 3.05) is 20.0 Å². The molecule has 0 saturated carbocycles. The fraction of sp³-hybridized carbons (Fsp3) is 0.765. The van der Waals surface area contributed by atoms with Crippen LogP contribution in [0.25, 0.3) is 0 Å². The molecule has 0 spiro atoms. The predicted octanol–water partition coefficient (Wildman–Crippen LogP) is 10.5. The third-order valence-electron chi connectivity index (χ3n) is 6.87. The molecule has 1 aromatic rings. The van der Waals surface area contributed by atoms with E-state index in [1.165, 1.54) is 102 Å². The highest BCUT2D eigenvalue weighted by Crippen LogP contribution is 2.15. The molecule has 0 aliphatic carbocycles. The van der Waals surface area contributed by atoms with Crippen molar-refractivity contribution in [3.8, 4) is 0 Å². The Kier molecular flexibility index (Phi) is 26.1. The Balaban J connectivity index is 1.90. The average Bonchev–Trinajstić information content (AvgIpc) is 2.94. The van der Waals surface area contributed by atoms with Gasteiger partial charge in [0, 0.05) is 13.2 Å². The highest BCUT2D eigenvalue weighted by Gasteiger charge is 2.09. The van der Waals surface area contributed by atoms with Crippen LogP contribution in [0.4, 0.5) is 0 Å². The zero-order valence-corrected chi connectivity index (χ0v) is 25.0. The lowest BCUT2D eigenvalue weighted by molar-refractivity contribution is -0.148. The summed E-state index contributed by atoms with van der Waals surface area (Å²) in [6, 6.07) is 10.2. The molecule has 4 heteroatoms. The van der Waals surface area contributed by atoms with E-state index < -0.39 is 0 Å². The minimum absolute atomic E-state index is 0.0134. The second-order valence-electron chi connectivity index (χ2n) is 10.5. The Bertz CT molecular complexity index is 590. The first-order chi connectivity index (χ1) is 18.9. The molecule has 220 valence electrons. The summed E-state index contributed by atoms with van der Waals surface area (Å²) in [5.41, 5.74) is 1.17. The number of rotatable bonds is 29. The van der Waals surface area contributed by atoms with Gasteiger partial charge < -0.3 is 18.9 Å². The van der Waals surface area contributed by atoms with Crippen molar-refractivity contribution in [2.45, 2.75) is 149 Å². The molecular formula is C34H60O4. The van der Waals surface area contributed by atoms with E-state index in [1.54, 1.807) is 6.26 Å². The van der Waals surface area contributed by atoms with Crippen LogP contribution in [0, 0.1) is 0 Å². The van der Waals surface area contributed by atoms with Gasteiger partial charge in [-0.2, -0.15) is 0 Å². The van der Waals surface area contributed by atoms with E-state index in [4.69, 9.17) is 18.9 Å². The Morgan fingerprint density at radius 3 is 1.79 bits per heavy atom. The molecular weight excluding hydrogens is 472 g/mol. The van der Waals surface area contributed by atoms with Gasteiger partial charge in [0.05, 0.1) is 12.9 Å². The normalized spacial score (nSPS) is 11.7. The third kappa shape index (κ3) is 23.7. The van der Waals surface area contributed by atoms with Crippen LogP contribution in [0.1, 0.15) is 141 Å². The molecule has 0 aliphatic heterocycles. The van der Waals surface area contributed by atoms with E-state index in [9.17, 15) is 0 Å². The molecule has 38 heavy (non-hydrogen) atoms. The Morgan fingerprint density at radius 1 is 0.632 bits per heavy atom. The van der Waals surface area contributed by atoms with Gasteiger partial charge in [-0.15, -0.1) is 0 Å². The zero-order chi connectivity index (χ0) is 27.2. The van der Waals surface area contributed by atoms with Crippen LogP contribution < -0.4 is 0 Å². The third-order valence-corrected chi connectivity index (χ3v) is 6.87. The minimum atomic E-state index is 0.0134. The van der Waals surface area contributed by atoms with Crippen molar-refractivity contribution < 1.29 is 18.9 Å². The fourth-order valence-corrected chi connectivity index (χ4v) is 4.47. The number of hydrogen-bond acceptors (Lipinski definition) is 4. The van der Waals surface area contributed by atoms with Gasteiger partial charge in [0.2, 0.25) is 0 Å². The first-order valence-electron chi connectivity index (χ1n) is 16.0. The average molecular weight is 533 g/mol. The first kappa shape index (κ1) is 34.7. The second-order valence-corrected chi connectivity index (χ2v) is 10.5. The van der Waals surface area contributed by atoms with Gasteiger partial charge >= 0.3 is 0 Å². The molecule has 0 aliphatic rings. The summed E-state index contributed by atoms with van der Waals surface area (Å²) in [5, 5.41) is 0. The lowest BCUT2D eigenvalue weighted by atomic mass is 10.1. The first-order valence-corrected chi connectivity index (χ1v) is 16.0. The molecule has 0 N–H and O–H groups in total. The smallest absolute Gasteiger partial charge is 0.188 e. The summed E-state index contributed by atoms with van der Waals surface area (Å²) in [6.07, 6.45) is 27.9. The topological polar surface area (TPSA) is 36.9 Å². The molecule has 0 radical (unpaired) electrons. The molecule has 1 rings (SSSR count). The lowest BCUT2D eigenvalue weighted by Gasteiger charge is -2.19. The molecule has 0 bridgehead atoms. The van der Waals surface area contributed by atoms with Crippen LogP contribution in [0.2, 0.25) is 0 Å². The minimum Gasteiger partial charge on any atom is -0.475 e. The van der Waals surface area contributed by atoms with Gasteiger partial charge in [-0.1, -0.05) is 128 Å². The van der Waals surface area contributed by atoms with Crippen molar-refractivity contribution in [1.82, 2.24) is 0 Å². The Morgan fingerprint density at radius 2 is 1.18 bits per heavy atom. The van der Waals surface area contributed by atoms with Gasteiger partial charge in [0.15, 0.2) is 13.1 Å². The summed E-state index contributed by atoms with van der Waals surface area (Å²) in [6.45, 7) is 7.12. The van der Waals surface area contributed by atoms with Gasteiger partial charge in [0.25, 0.3) is 0 Å². The number of ether oxygens (including phenoxy) is 4. The van der Waals surface area contributed by atoms with Crippen molar-refractivity contribution in [3.63, 3.8) is 0 Å². The van der Waals surface area contributed by atoms with Crippen LogP contribution in [0.3, 0.4) is 0 Å². The number of benzene rings is 1. The van der Waals surface area contributed by atoms with E-state index in [1.807, 2.05) is 18.2 Å². The quantitative estimate of drug-likeness (QED) is 0.0584. The molecule has 0 aromatic heterocycles. The van der Waals surface area contributed by atoms with E-state index in [2.05, 4.69) is 32.1 Å². The molecule has 0 saturated heterocycles. The number of hydrogen-bond donors (Lipinski definition) is 0. The van der Waals surface area contributed by atoms with E-state index in [0.717, 1.165) is 38.9 Å². The molecule has 1 aromatic carbocycles. The summed E-state index contributed by atoms with van der Waals surface area (Å²) >= 11 is 0. The van der Waals surface area contributed by atoms with Gasteiger partial charge in [-0.05, 0) is 50.2 Å².